The van der Waals surface area contributed by atoms with E-state index >= 15 is 0 Å². The Morgan fingerprint density at radius 3 is 3.00 bits per heavy atom. The number of aryl methyl sites for hydroxylation is 1. The zero-order valence-electron chi connectivity index (χ0n) is 13.4. The first-order chi connectivity index (χ1) is 11.7. The molecule has 1 aliphatic heterocycles. The highest BCUT2D eigenvalue weighted by atomic mass is 16.5. The normalized spacial score (nSPS) is 17.3. The van der Waals surface area contributed by atoms with Gasteiger partial charge in [-0.3, -0.25) is 4.79 Å². The third-order valence-corrected chi connectivity index (χ3v) is 4.14. The molecule has 0 aliphatic carbocycles. The summed E-state index contributed by atoms with van der Waals surface area (Å²) < 4.78 is 11.3. The number of rotatable bonds is 3. The number of aromatic nitrogens is 1. The number of carbonyl (C=O) groups is 1. The van der Waals surface area contributed by atoms with Crippen molar-refractivity contribution in [2.24, 2.45) is 0 Å². The Morgan fingerprint density at radius 1 is 1.25 bits per heavy atom. The zero-order valence-corrected chi connectivity index (χ0v) is 13.4. The van der Waals surface area contributed by atoms with Gasteiger partial charge >= 0.3 is 0 Å². The molecule has 0 spiro atoms. The summed E-state index contributed by atoms with van der Waals surface area (Å²) in [5, 5.41) is 2.90. The second-order valence-corrected chi connectivity index (χ2v) is 6.06. The second-order valence-electron chi connectivity index (χ2n) is 6.06. The maximum atomic E-state index is 12.2. The van der Waals surface area contributed by atoms with Crippen LogP contribution in [0.1, 0.15) is 18.4 Å². The molecule has 5 nitrogen and oxygen atoms in total. The van der Waals surface area contributed by atoms with Crippen molar-refractivity contribution in [1.29, 1.82) is 0 Å². The lowest BCUT2D eigenvalue weighted by Crippen LogP contribution is -2.26. The summed E-state index contributed by atoms with van der Waals surface area (Å²) in [7, 11) is 0. The van der Waals surface area contributed by atoms with E-state index in [0.717, 1.165) is 35.1 Å². The molecule has 1 aliphatic rings. The van der Waals surface area contributed by atoms with Crippen LogP contribution < -0.4 is 5.32 Å². The summed E-state index contributed by atoms with van der Waals surface area (Å²) in [6.45, 7) is 2.67. The van der Waals surface area contributed by atoms with Crippen molar-refractivity contribution in [2.45, 2.75) is 25.9 Å². The van der Waals surface area contributed by atoms with Gasteiger partial charge in [0.1, 0.15) is 11.6 Å². The number of carbonyl (C=O) groups excluding carboxylic acids is 1. The Labute approximate surface area is 139 Å². The second kappa shape index (κ2) is 6.09. The van der Waals surface area contributed by atoms with E-state index in [4.69, 9.17) is 9.15 Å². The van der Waals surface area contributed by atoms with Gasteiger partial charge in [-0.2, -0.15) is 0 Å². The summed E-state index contributed by atoms with van der Waals surface area (Å²) in [4.78, 5) is 16.7. The van der Waals surface area contributed by atoms with Crippen molar-refractivity contribution in [3.8, 4) is 11.5 Å². The van der Waals surface area contributed by atoms with Crippen molar-refractivity contribution >= 4 is 22.7 Å². The van der Waals surface area contributed by atoms with Crippen LogP contribution in [0.15, 0.2) is 46.9 Å². The summed E-state index contributed by atoms with van der Waals surface area (Å²) in [5.74, 6) is 0.446. The minimum atomic E-state index is -0.346. The van der Waals surface area contributed by atoms with Gasteiger partial charge in [0.05, 0.1) is 0 Å². The van der Waals surface area contributed by atoms with Crippen LogP contribution in [-0.2, 0) is 9.53 Å². The average molecular weight is 322 g/mol. The number of fused-ring (bicyclic) bond motifs is 1. The SMILES string of the molecule is Cc1ccc2nc(-c3cccc(NC(=O)[C@@H]4CCCO4)c3)oc2c1. The van der Waals surface area contributed by atoms with E-state index in [2.05, 4.69) is 10.3 Å². The third kappa shape index (κ3) is 2.90. The van der Waals surface area contributed by atoms with Gasteiger partial charge < -0.3 is 14.5 Å². The Balaban J connectivity index is 1.60. The molecule has 2 aromatic carbocycles. The molecule has 1 atom stereocenters. The number of ether oxygens (including phenoxy) is 1. The van der Waals surface area contributed by atoms with E-state index in [1.165, 1.54) is 0 Å². The van der Waals surface area contributed by atoms with Crippen LogP contribution in [-0.4, -0.2) is 23.6 Å². The van der Waals surface area contributed by atoms with Gasteiger partial charge in [-0.1, -0.05) is 12.1 Å². The van der Waals surface area contributed by atoms with E-state index < -0.39 is 0 Å². The first kappa shape index (κ1) is 14.9. The van der Waals surface area contributed by atoms with Gasteiger partial charge in [0, 0.05) is 17.9 Å². The highest BCUT2D eigenvalue weighted by Gasteiger charge is 2.23. The number of nitrogens with one attached hydrogen (secondary N) is 1. The standard InChI is InChI=1S/C19H18N2O3/c1-12-7-8-15-17(10-12)24-19(21-15)13-4-2-5-14(11-13)20-18(22)16-6-3-9-23-16/h2,4-5,7-8,10-11,16H,3,6,9H2,1H3,(H,20,22)/t16-/m0/s1. The molecule has 5 heteroatoms. The number of oxazole rings is 1. The lowest BCUT2D eigenvalue weighted by atomic mass is 10.2. The van der Waals surface area contributed by atoms with Crippen LogP contribution in [0, 0.1) is 6.92 Å². The molecule has 0 saturated carbocycles. The molecule has 0 unspecified atom stereocenters. The Bertz CT molecular complexity index is 895. The van der Waals surface area contributed by atoms with Gasteiger partial charge in [0.25, 0.3) is 5.91 Å². The first-order valence-electron chi connectivity index (χ1n) is 8.09. The van der Waals surface area contributed by atoms with E-state index in [1.807, 2.05) is 49.4 Å². The topological polar surface area (TPSA) is 64.4 Å². The molecule has 4 rings (SSSR count). The molecule has 122 valence electrons. The molecular weight excluding hydrogens is 304 g/mol. The molecule has 2 heterocycles. The number of hydrogen-bond acceptors (Lipinski definition) is 4. The smallest absolute Gasteiger partial charge is 0.253 e. The van der Waals surface area contributed by atoms with Gasteiger partial charge in [-0.25, -0.2) is 4.98 Å². The molecule has 0 radical (unpaired) electrons. The fraction of sp³-hybridized carbons (Fsp3) is 0.263. The van der Waals surface area contributed by atoms with Crippen LogP contribution >= 0.6 is 0 Å². The summed E-state index contributed by atoms with van der Waals surface area (Å²) in [6, 6.07) is 13.4. The van der Waals surface area contributed by atoms with Gasteiger partial charge in [0.2, 0.25) is 5.89 Å². The van der Waals surface area contributed by atoms with E-state index in [-0.39, 0.29) is 12.0 Å². The highest BCUT2D eigenvalue weighted by molar-refractivity contribution is 5.94. The maximum Gasteiger partial charge on any atom is 0.253 e. The summed E-state index contributed by atoms with van der Waals surface area (Å²) in [6.07, 6.45) is 1.36. The Hall–Kier alpha value is -2.66. The Morgan fingerprint density at radius 2 is 2.17 bits per heavy atom. The maximum absolute atomic E-state index is 12.2. The fourth-order valence-corrected chi connectivity index (χ4v) is 2.89. The van der Waals surface area contributed by atoms with Crippen molar-refractivity contribution in [3.63, 3.8) is 0 Å². The predicted octanol–water partition coefficient (Wildman–Crippen LogP) is 3.92. The minimum Gasteiger partial charge on any atom is -0.436 e. The predicted molar refractivity (Wildman–Crippen MR) is 91.8 cm³/mol. The van der Waals surface area contributed by atoms with E-state index in [0.29, 0.717) is 18.2 Å². The van der Waals surface area contributed by atoms with Crippen LogP contribution in [0.4, 0.5) is 5.69 Å². The number of anilines is 1. The largest absolute Gasteiger partial charge is 0.436 e. The lowest BCUT2D eigenvalue weighted by molar-refractivity contribution is -0.124. The van der Waals surface area contributed by atoms with Crippen molar-refractivity contribution in [3.05, 3.63) is 48.0 Å². The number of amides is 1. The summed E-state index contributed by atoms with van der Waals surface area (Å²) in [5.41, 5.74) is 4.26. The van der Waals surface area contributed by atoms with Gasteiger partial charge in [0.15, 0.2) is 5.58 Å². The highest BCUT2D eigenvalue weighted by Crippen LogP contribution is 2.27. The third-order valence-electron chi connectivity index (χ3n) is 4.14. The van der Waals surface area contributed by atoms with Crippen molar-refractivity contribution < 1.29 is 13.9 Å². The van der Waals surface area contributed by atoms with Crippen molar-refractivity contribution in [2.75, 3.05) is 11.9 Å². The molecule has 0 bridgehead atoms. The molecular formula is C19H18N2O3. The Kier molecular flexibility index (Phi) is 3.78. The number of benzene rings is 2. The van der Waals surface area contributed by atoms with Crippen LogP contribution in [0.25, 0.3) is 22.6 Å². The van der Waals surface area contributed by atoms with Gasteiger partial charge in [-0.15, -0.1) is 0 Å². The van der Waals surface area contributed by atoms with E-state index in [9.17, 15) is 4.79 Å². The van der Waals surface area contributed by atoms with Crippen LogP contribution in [0.2, 0.25) is 0 Å². The lowest BCUT2D eigenvalue weighted by Gasteiger charge is -2.10. The first-order valence-corrected chi connectivity index (χ1v) is 8.09. The monoisotopic (exact) mass is 322 g/mol. The molecule has 1 amide bonds. The van der Waals surface area contributed by atoms with Crippen LogP contribution in [0.3, 0.4) is 0 Å². The van der Waals surface area contributed by atoms with Crippen LogP contribution in [0.5, 0.6) is 0 Å². The quantitative estimate of drug-likeness (QED) is 0.794. The fourth-order valence-electron chi connectivity index (χ4n) is 2.89. The number of nitrogens with zero attached hydrogens (tertiary/aromatic N) is 1. The molecule has 1 N–H and O–H groups in total. The average Bonchev–Trinajstić information content (AvgIpc) is 3.24. The molecule has 1 fully saturated rings. The molecule has 1 aromatic heterocycles. The molecule has 1 saturated heterocycles. The number of hydrogen-bond donors (Lipinski definition) is 1. The van der Waals surface area contributed by atoms with Crippen molar-refractivity contribution in [1.82, 2.24) is 4.98 Å². The molecule has 3 aromatic rings. The van der Waals surface area contributed by atoms with E-state index in [1.54, 1.807) is 0 Å². The minimum absolute atomic E-state index is 0.0992. The van der Waals surface area contributed by atoms with Gasteiger partial charge in [-0.05, 0) is 55.7 Å². The molecule has 24 heavy (non-hydrogen) atoms. The summed E-state index contributed by atoms with van der Waals surface area (Å²) >= 11 is 0. The zero-order chi connectivity index (χ0) is 16.5.